The fourth-order valence-electron chi connectivity index (χ4n) is 3.33. The second-order valence-corrected chi connectivity index (χ2v) is 6.50. The van der Waals surface area contributed by atoms with Crippen LogP contribution >= 0.6 is 0 Å². The smallest absolute Gasteiger partial charge is 0.261 e. The lowest BCUT2D eigenvalue weighted by Crippen LogP contribution is -2.21. The van der Waals surface area contributed by atoms with Crippen molar-refractivity contribution in [3.8, 4) is 11.1 Å². The third-order valence-corrected chi connectivity index (χ3v) is 4.80. The van der Waals surface area contributed by atoms with Crippen LogP contribution in [0, 0.1) is 5.82 Å². The topological polar surface area (TPSA) is 80.9 Å². The summed E-state index contributed by atoms with van der Waals surface area (Å²) in [6.45, 7) is 0.537. The summed E-state index contributed by atoms with van der Waals surface area (Å²) in [5.41, 5.74) is 3.75. The number of H-pyrrole nitrogens is 1. The predicted octanol–water partition coefficient (Wildman–Crippen LogP) is 2.82. The van der Waals surface area contributed by atoms with Crippen LogP contribution in [-0.2, 0) is 13.0 Å². The van der Waals surface area contributed by atoms with E-state index in [0.29, 0.717) is 29.5 Å². The normalized spacial score (nSPS) is 11.5. The average Bonchev–Trinajstić information content (AvgIpc) is 3.38. The molecule has 0 aliphatic heterocycles. The number of nitrogens with zero attached hydrogens (tertiary/aromatic N) is 5. The standard InChI is InChI=1S/C20H15FN6O/c21-14-3-1-13(2-4-14)16-11-25-27-18-6-8-26(7-5-15-9-22-12-24-15)20(28)17(18)10-23-19(16)27/h1-4,6,8-12H,5,7H2,(H,22,24). The van der Waals surface area contributed by atoms with Crippen LogP contribution in [0.15, 0.2) is 66.2 Å². The van der Waals surface area contributed by atoms with Crippen molar-refractivity contribution in [1.29, 1.82) is 0 Å². The van der Waals surface area contributed by atoms with Gasteiger partial charge >= 0.3 is 0 Å². The predicted molar refractivity (Wildman–Crippen MR) is 102 cm³/mol. The zero-order chi connectivity index (χ0) is 19.1. The molecule has 0 saturated heterocycles. The van der Waals surface area contributed by atoms with E-state index in [9.17, 15) is 9.18 Å². The highest BCUT2D eigenvalue weighted by atomic mass is 19.1. The number of aromatic nitrogens is 6. The number of imidazole rings is 1. The molecule has 28 heavy (non-hydrogen) atoms. The molecule has 7 nitrogen and oxygen atoms in total. The third-order valence-electron chi connectivity index (χ3n) is 4.80. The molecule has 0 fully saturated rings. The van der Waals surface area contributed by atoms with Crippen molar-refractivity contribution in [3.63, 3.8) is 0 Å². The van der Waals surface area contributed by atoms with Gasteiger partial charge in [-0.3, -0.25) is 4.79 Å². The number of fused-ring (bicyclic) bond motifs is 3. The zero-order valence-corrected chi connectivity index (χ0v) is 14.7. The minimum absolute atomic E-state index is 0.120. The van der Waals surface area contributed by atoms with Crippen molar-refractivity contribution in [2.24, 2.45) is 0 Å². The minimum Gasteiger partial charge on any atom is -0.348 e. The molecule has 1 N–H and O–H groups in total. The van der Waals surface area contributed by atoms with Gasteiger partial charge in [0.15, 0.2) is 5.65 Å². The first-order chi connectivity index (χ1) is 13.7. The second kappa shape index (κ2) is 6.41. The summed E-state index contributed by atoms with van der Waals surface area (Å²) < 4.78 is 16.5. The van der Waals surface area contributed by atoms with Gasteiger partial charge in [-0.05, 0) is 23.8 Å². The maximum Gasteiger partial charge on any atom is 0.261 e. The highest BCUT2D eigenvalue weighted by Gasteiger charge is 2.13. The maximum absolute atomic E-state index is 13.2. The van der Waals surface area contributed by atoms with E-state index in [1.54, 1.807) is 52.3 Å². The van der Waals surface area contributed by atoms with E-state index in [1.807, 2.05) is 6.07 Å². The number of hydrogen-bond donors (Lipinski definition) is 1. The zero-order valence-electron chi connectivity index (χ0n) is 14.7. The van der Waals surface area contributed by atoms with Crippen molar-refractivity contribution in [3.05, 3.63) is 83.3 Å². The molecular formula is C20H15FN6O. The van der Waals surface area contributed by atoms with Crippen molar-refractivity contribution in [2.75, 3.05) is 0 Å². The molecule has 0 atom stereocenters. The van der Waals surface area contributed by atoms with E-state index in [2.05, 4.69) is 20.1 Å². The van der Waals surface area contributed by atoms with Crippen molar-refractivity contribution in [1.82, 2.24) is 29.1 Å². The van der Waals surface area contributed by atoms with Crippen molar-refractivity contribution in [2.45, 2.75) is 13.0 Å². The van der Waals surface area contributed by atoms with Crippen LogP contribution in [-0.4, -0.2) is 29.1 Å². The molecular weight excluding hydrogens is 359 g/mol. The Labute approximate surface area is 158 Å². The number of halogens is 1. The van der Waals surface area contributed by atoms with Crippen molar-refractivity contribution < 1.29 is 4.39 Å². The van der Waals surface area contributed by atoms with Gasteiger partial charge in [0.2, 0.25) is 0 Å². The van der Waals surface area contributed by atoms with Gasteiger partial charge in [0.1, 0.15) is 5.82 Å². The summed E-state index contributed by atoms with van der Waals surface area (Å²) in [7, 11) is 0. The number of rotatable bonds is 4. The Hall–Kier alpha value is -3.81. The molecule has 0 aliphatic rings. The van der Waals surface area contributed by atoms with Gasteiger partial charge in [-0.1, -0.05) is 12.1 Å². The lowest BCUT2D eigenvalue weighted by Gasteiger charge is -2.07. The first-order valence-corrected chi connectivity index (χ1v) is 8.80. The highest BCUT2D eigenvalue weighted by Crippen LogP contribution is 2.25. The van der Waals surface area contributed by atoms with Crippen LogP contribution in [0.2, 0.25) is 0 Å². The molecule has 4 heterocycles. The van der Waals surface area contributed by atoms with Gasteiger partial charge in [-0.2, -0.15) is 5.10 Å². The molecule has 1 aromatic carbocycles. The Morgan fingerprint density at radius 2 is 1.93 bits per heavy atom. The first-order valence-electron chi connectivity index (χ1n) is 8.80. The lowest BCUT2D eigenvalue weighted by atomic mass is 10.1. The molecule has 0 saturated carbocycles. The average molecular weight is 374 g/mol. The molecule has 0 unspecified atom stereocenters. The second-order valence-electron chi connectivity index (χ2n) is 6.50. The molecule has 5 rings (SSSR count). The van der Waals surface area contributed by atoms with Crippen molar-refractivity contribution >= 4 is 16.6 Å². The molecule has 5 aromatic rings. The Bertz CT molecular complexity index is 1340. The summed E-state index contributed by atoms with van der Waals surface area (Å²) in [4.78, 5) is 24.3. The van der Waals surface area contributed by atoms with Crippen LogP contribution in [0.3, 0.4) is 0 Å². The Morgan fingerprint density at radius 3 is 2.71 bits per heavy atom. The Kier molecular flexibility index (Phi) is 3.75. The summed E-state index contributed by atoms with van der Waals surface area (Å²) in [5, 5.41) is 4.90. The summed E-state index contributed by atoms with van der Waals surface area (Å²) >= 11 is 0. The summed E-state index contributed by atoms with van der Waals surface area (Å²) in [5.74, 6) is -0.297. The van der Waals surface area contributed by atoms with E-state index in [4.69, 9.17) is 0 Å². The monoisotopic (exact) mass is 374 g/mol. The molecule has 0 amide bonds. The Morgan fingerprint density at radius 1 is 1.07 bits per heavy atom. The fourth-order valence-corrected chi connectivity index (χ4v) is 3.33. The van der Waals surface area contributed by atoms with Crippen LogP contribution in [0.25, 0.3) is 27.7 Å². The SMILES string of the molecule is O=c1c2cnc3c(-c4ccc(F)cc4)cnn3c2ccn1CCc1cnc[nH]1. The van der Waals surface area contributed by atoms with E-state index < -0.39 is 0 Å². The number of hydrogen-bond acceptors (Lipinski definition) is 4. The lowest BCUT2D eigenvalue weighted by molar-refractivity contribution is 0.628. The Balaban J connectivity index is 1.58. The van der Waals surface area contributed by atoms with E-state index in [1.165, 1.54) is 12.1 Å². The van der Waals surface area contributed by atoms with Gasteiger partial charge in [0.25, 0.3) is 5.56 Å². The van der Waals surface area contributed by atoms with Crippen LogP contribution in [0.4, 0.5) is 4.39 Å². The highest BCUT2D eigenvalue weighted by molar-refractivity contribution is 5.84. The van der Waals surface area contributed by atoms with E-state index in [-0.39, 0.29) is 11.4 Å². The number of benzene rings is 1. The number of aryl methyl sites for hydroxylation is 2. The third kappa shape index (κ3) is 2.66. The van der Waals surface area contributed by atoms with Gasteiger partial charge in [-0.25, -0.2) is 18.9 Å². The largest absolute Gasteiger partial charge is 0.348 e. The molecule has 138 valence electrons. The molecule has 0 radical (unpaired) electrons. The molecule has 8 heteroatoms. The minimum atomic E-state index is -0.297. The number of nitrogens with one attached hydrogen (secondary N) is 1. The maximum atomic E-state index is 13.2. The van der Waals surface area contributed by atoms with Crippen LogP contribution < -0.4 is 5.56 Å². The van der Waals surface area contributed by atoms with Gasteiger partial charge in [0, 0.05) is 42.8 Å². The van der Waals surface area contributed by atoms with E-state index in [0.717, 1.165) is 16.8 Å². The molecule has 0 aliphatic carbocycles. The summed E-state index contributed by atoms with van der Waals surface area (Å²) in [6.07, 6.45) is 9.07. The van der Waals surface area contributed by atoms with Gasteiger partial charge in [0.05, 0.1) is 23.4 Å². The molecule has 4 aromatic heterocycles. The number of aromatic amines is 1. The fraction of sp³-hybridized carbons (Fsp3) is 0.100. The van der Waals surface area contributed by atoms with Gasteiger partial charge < -0.3 is 9.55 Å². The van der Waals surface area contributed by atoms with Crippen LogP contribution in [0.5, 0.6) is 0 Å². The number of pyridine rings is 1. The van der Waals surface area contributed by atoms with E-state index >= 15 is 0 Å². The molecule has 0 bridgehead atoms. The quantitative estimate of drug-likeness (QED) is 0.525. The van der Waals surface area contributed by atoms with Crippen LogP contribution in [0.1, 0.15) is 5.69 Å². The summed E-state index contributed by atoms with van der Waals surface area (Å²) in [6, 6.07) is 8.04. The first kappa shape index (κ1) is 16.4. The van der Waals surface area contributed by atoms with Gasteiger partial charge in [-0.15, -0.1) is 0 Å². The molecule has 0 spiro atoms.